The number of anilines is 1. The molecule has 2 aromatic rings. The molecule has 88 valence electrons. The average molecular weight is 238 g/mol. The van der Waals surface area contributed by atoms with Crippen molar-refractivity contribution in [3.8, 4) is 11.8 Å². The Kier molecular flexibility index (Phi) is 2.98. The van der Waals surface area contributed by atoms with Crippen molar-refractivity contribution in [1.29, 1.82) is 5.26 Å². The van der Waals surface area contributed by atoms with Crippen molar-refractivity contribution in [2.75, 3.05) is 5.73 Å². The Labute approximate surface area is 104 Å². The molecule has 0 spiro atoms. The first-order chi connectivity index (χ1) is 8.63. The van der Waals surface area contributed by atoms with Crippen LogP contribution in [0.15, 0.2) is 48.6 Å². The van der Waals surface area contributed by atoms with Crippen molar-refractivity contribution in [1.82, 2.24) is 0 Å². The molecular formula is C14H10N2O2. The van der Waals surface area contributed by atoms with E-state index in [0.717, 1.165) is 10.8 Å². The van der Waals surface area contributed by atoms with Crippen LogP contribution in [-0.4, -0.2) is 5.97 Å². The van der Waals surface area contributed by atoms with Gasteiger partial charge in [-0.1, -0.05) is 36.9 Å². The maximum atomic E-state index is 11.5. The molecule has 0 bridgehead atoms. The third-order valence-electron chi connectivity index (χ3n) is 2.49. The highest BCUT2D eigenvalue weighted by Gasteiger charge is 2.13. The number of hydrogen-bond donors (Lipinski definition) is 1. The Morgan fingerprint density at radius 1 is 1.28 bits per heavy atom. The Balaban J connectivity index is 2.51. The van der Waals surface area contributed by atoms with Gasteiger partial charge in [0, 0.05) is 5.39 Å². The van der Waals surface area contributed by atoms with Crippen molar-refractivity contribution in [2.24, 2.45) is 0 Å². The minimum Gasteiger partial charge on any atom is -0.420 e. The first-order valence-corrected chi connectivity index (χ1v) is 5.22. The fourth-order valence-corrected chi connectivity index (χ4v) is 1.57. The molecule has 0 heterocycles. The summed E-state index contributed by atoms with van der Waals surface area (Å²) in [6.07, 6.45) is 0. The molecule has 18 heavy (non-hydrogen) atoms. The number of nitriles is 1. The minimum atomic E-state index is -0.791. The number of carbonyl (C=O) groups is 1. The maximum Gasteiger partial charge on any atom is 0.353 e. The van der Waals surface area contributed by atoms with Gasteiger partial charge in [-0.3, -0.25) is 0 Å². The molecule has 2 aromatic carbocycles. The number of hydrogen-bond acceptors (Lipinski definition) is 4. The van der Waals surface area contributed by atoms with Gasteiger partial charge in [0.05, 0.1) is 5.69 Å². The van der Waals surface area contributed by atoms with Gasteiger partial charge in [0.1, 0.15) is 11.6 Å². The van der Waals surface area contributed by atoms with Crippen LogP contribution in [0.2, 0.25) is 0 Å². The topological polar surface area (TPSA) is 76.1 Å². The Morgan fingerprint density at radius 3 is 2.72 bits per heavy atom. The predicted molar refractivity (Wildman–Crippen MR) is 68.7 cm³/mol. The van der Waals surface area contributed by atoms with Crippen LogP contribution < -0.4 is 10.5 Å². The summed E-state index contributed by atoms with van der Waals surface area (Å²) in [5.74, 6) is -0.532. The highest BCUT2D eigenvalue weighted by molar-refractivity contribution is 5.99. The van der Waals surface area contributed by atoms with Crippen molar-refractivity contribution in [3.05, 3.63) is 48.6 Å². The lowest BCUT2D eigenvalue weighted by atomic mass is 10.1. The first-order valence-electron chi connectivity index (χ1n) is 5.22. The maximum absolute atomic E-state index is 11.5. The summed E-state index contributed by atoms with van der Waals surface area (Å²) in [5.41, 5.74) is 5.87. The van der Waals surface area contributed by atoms with Gasteiger partial charge in [-0.15, -0.1) is 0 Å². The monoisotopic (exact) mass is 238 g/mol. The third-order valence-corrected chi connectivity index (χ3v) is 2.49. The molecule has 0 unspecified atom stereocenters. The number of esters is 1. The van der Waals surface area contributed by atoms with E-state index in [9.17, 15) is 4.79 Å². The van der Waals surface area contributed by atoms with Crippen LogP contribution in [0.4, 0.5) is 5.69 Å². The van der Waals surface area contributed by atoms with Gasteiger partial charge in [-0.2, -0.15) is 5.26 Å². The van der Waals surface area contributed by atoms with E-state index < -0.39 is 5.97 Å². The fraction of sp³-hybridized carbons (Fsp3) is 0. The first kappa shape index (κ1) is 11.7. The lowest BCUT2D eigenvalue weighted by Crippen LogP contribution is -2.10. The van der Waals surface area contributed by atoms with Gasteiger partial charge >= 0.3 is 5.97 Å². The SMILES string of the molecule is C=C(C#N)C(=O)Oc1c(N)ccc2ccccc12. The number of nitrogens with two attached hydrogens (primary N) is 1. The normalized spacial score (nSPS) is 9.72. The average Bonchev–Trinajstić information content (AvgIpc) is 2.41. The molecule has 0 amide bonds. The number of rotatable bonds is 2. The van der Waals surface area contributed by atoms with Crippen LogP contribution in [0.5, 0.6) is 5.75 Å². The third kappa shape index (κ3) is 2.02. The van der Waals surface area contributed by atoms with Gasteiger partial charge in [0.15, 0.2) is 5.75 Å². The molecule has 0 radical (unpaired) electrons. The lowest BCUT2D eigenvalue weighted by molar-refractivity contribution is -0.129. The lowest BCUT2D eigenvalue weighted by Gasteiger charge is -2.09. The molecule has 0 saturated carbocycles. The largest absolute Gasteiger partial charge is 0.420 e. The van der Waals surface area contributed by atoms with Crippen LogP contribution in [0.25, 0.3) is 10.8 Å². The van der Waals surface area contributed by atoms with Gasteiger partial charge < -0.3 is 10.5 Å². The molecule has 0 aliphatic carbocycles. The van der Waals surface area contributed by atoms with E-state index in [-0.39, 0.29) is 11.3 Å². The van der Waals surface area contributed by atoms with Crippen LogP contribution in [-0.2, 0) is 4.79 Å². The molecule has 0 aliphatic rings. The predicted octanol–water partition coefficient (Wildman–Crippen LogP) is 2.41. The summed E-state index contributed by atoms with van der Waals surface area (Å²) in [6, 6.07) is 12.5. The van der Waals surface area contributed by atoms with E-state index in [2.05, 4.69) is 6.58 Å². The highest BCUT2D eigenvalue weighted by Crippen LogP contribution is 2.32. The Hall–Kier alpha value is -2.80. The van der Waals surface area contributed by atoms with Crippen molar-refractivity contribution in [2.45, 2.75) is 0 Å². The number of carbonyl (C=O) groups excluding carboxylic acids is 1. The quantitative estimate of drug-likeness (QED) is 0.286. The number of fused-ring (bicyclic) bond motifs is 1. The molecule has 2 N–H and O–H groups in total. The Bertz CT molecular complexity index is 684. The molecule has 0 fully saturated rings. The molecule has 2 rings (SSSR count). The van der Waals surface area contributed by atoms with Crippen molar-refractivity contribution in [3.63, 3.8) is 0 Å². The van der Waals surface area contributed by atoms with Crippen LogP contribution in [0.1, 0.15) is 0 Å². The smallest absolute Gasteiger partial charge is 0.353 e. The van der Waals surface area contributed by atoms with Gasteiger partial charge in [-0.25, -0.2) is 4.79 Å². The van der Waals surface area contributed by atoms with Gasteiger partial charge in [0.2, 0.25) is 0 Å². The summed E-state index contributed by atoms with van der Waals surface area (Å²) in [5, 5.41) is 10.2. The van der Waals surface area contributed by atoms with Crippen LogP contribution >= 0.6 is 0 Å². The second kappa shape index (κ2) is 4.60. The molecular weight excluding hydrogens is 228 g/mol. The second-order valence-electron chi connectivity index (χ2n) is 3.68. The molecule has 0 saturated heterocycles. The van der Waals surface area contributed by atoms with Crippen LogP contribution in [0, 0.1) is 11.3 Å². The zero-order chi connectivity index (χ0) is 13.1. The fourth-order valence-electron chi connectivity index (χ4n) is 1.57. The van der Waals surface area contributed by atoms with Crippen LogP contribution in [0.3, 0.4) is 0 Å². The highest BCUT2D eigenvalue weighted by atomic mass is 16.5. The van der Waals surface area contributed by atoms with E-state index >= 15 is 0 Å². The van der Waals surface area contributed by atoms with E-state index in [4.69, 9.17) is 15.7 Å². The van der Waals surface area contributed by atoms with E-state index in [1.165, 1.54) is 0 Å². The number of benzene rings is 2. The molecule has 0 atom stereocenters. The number of nitrogen functional groups attached to an aromatic ring is 1. The summed E-state index contributed by atoms with van der Waals surface area (Å²) >= 11 is 0. The second-order valence-corrected chi connectivity index (χ2v) is 3.68. The minimum absolute atomic E-state index is 0.259. The van der Waals surface area contributed by atoms with E-state index in [1.54, 1.807) is 18.2 Å². The van der Waals surface area contributed by atoms with Gasteiger partial charge in [0.25, 0.3) is 0 Å². The number of nitrogens with zero attached hydrogens (tertiary/aromatic N) is 1. The summed E-state index contributed by atoms with van der Waals surface area (Å²) < 4.78 is 5.13. The summed E-state index contributed by atoms with van der Waals surface area (Å²) in [4.78, 5) is 11.5. The van der Waals surface area contributed by atoms with Gasteiger partial charge in [-0.05, 0) is 11.5 Å². The molecule has 4 nitrogen and oxygen atoms in total. The summed E-state index contributed by atoms with van der Waals surface area (Å²) in [7, 11) is 0. The Morgan fingerprint density at radius 2 is 2.00 bits per heavy atom. The van der Waals surface area contributed by atoms with Crippen molar-refractivity contribution < 1.29 is 9.53 Å². The van der Waals surface area contributed by atoms with E-state index in [1.807, 2.05) is 24.3 Å². The summed E-state index contributed by atoms with van der Waals surface area (Å²) in [6.45, 7) is 3.30. The molecule has 0 aliphatic heterocycles. The standard InChI is InChI=1S/C14H10N2O2/c1-9(8-15)14(17)18-13-11-5-3-2-4-10(11)6-7-12(13)16/h2-7H,1,16H2. The van der Waals surface area contributed by atoms with Crippen molar-refractivity contribution >= 4 is 22.4 Å². The zero-order valence-electron chi connectivity index (χ0n) is 9.51. The zero-order valence-corrected chi connectivity index (χ0v) is 9.51. The molecule has 0 aromatic heterocycles. The van der Waals surface area contributed by atoms with E-state index in [0.29, 0.717) is 5.69 Å². The molecule has 4 heteroatoms. The number of ether oxygens (including phenoxy) is 1.